The Labute approximate surface area is 178 Å². The van der Waals surface area contributed by atoms with Crippen molar-refractivity contribution in [2.75, 3.05) is 12.4 Å². The van der Waals surface area contributed by atoms with Crippen LogP contribution in [0.4, 0.5) is 4.39 Å². The third-order valence-electron chi connectivity index (χ3n) is 4.81. The SMILES string of the molecule is O=c1ccc2cc(OCCCCSc3ccc(-c4ccccc4F)cc3)ccc2[nH]1. The highest BCUT2D eigenvalue weighted by molar-refractivity contribution is 7.99. The van der Waals surface area contributed by atoms with Gasteiger partial charge in [-0.2, -0.15) is 0 Å². The number of rotatable bonds is 8. The Bertz CT molecular complexity index is 1190. The molecule has 0 radical (unpaired) electrons. The number of aromatic nitrogens is 1. The fraction of sp³-hybridized carbons (Fsp3) is 0.160. The summed E-state index contributed by atoms with van der Waals surface area (Å²) in [7, 11) is 0. The van der Waals surface area contributed by atoms with E-state index in [-0.39, 0.29) is 11.4 Å². The highest BCUT2D eigenvalue weighted by atomic mass is 32.2. The van der Waals surface area contributed by atoms with Gasteiger partial charge in [0.15, 0.2) is 0 Å². The van der Waals surface area contributed by atoms with Crippen molar-refractivity contribution in [2.45, 2.75) is 17.7 Å². The molecule has 1 N–H and O–H groups in total. The minimum atomic E-state index is -0.197. The third kappa shape index (κ3) is 5.10. The van der Waals surface area contributed by atoms with E-state index in [0.29, 0.717) is 12.2 Å². The molecule has 3 aromatic carbocycles. The Hall–Kier alpha value is -3.05. The molecule has 0 amide bonds. The lowest BCUT2D eigenvalue weighted by Crippen LogP contribution is -2.02. The molecule has 3 nitrogen and oxygen atoms in total. The summed E-state index contributed by atoms with van der Waals surface area (Å²) in [4.78, 5) is 15.3. The molecule has 30 heavy (non-hydrogen) atoms. The minimum Gasteiger partial charge on any atom is -0.494 e. The normalized spacial score (nSPS) is 11.0. The monoisotopic (exact) mass is 419 g/mol. The van der Waals surface area contributed by atoms with E-state index in [0.717, 1.165) is 40.8 Å². The van der Waals surface area contributed by atoms with E-state index < -0.39 is 0 Å². The average Bonchev–Trinajstić information content (AvgIpc) is 2.77. The van der Waals surface area contributed by atoms with Crippen molar-refractivity contribution in [3.63, 3.8) is 0 Å². The summed E-state index contributed by atoms with van der Waals surface area (Å²) >= 11 is 1.79. The zero-order valence-electron chi connectivity index (χ0n) is 16.4. The molecule has 0 aliphatic rings. The maximum Gasteiger partial charge on any atom is 0.248 e. The van der Waals surface area contributed by atoms with Gasteiger partial charge in [-0.3, -0.25) is 4.79 Å². The molecule has 0 saturated carbocycles. The van der Waals surface area contributed by atoms with E-state index in [1.807, 2.05) is 48.5 Å². The third-order valence-corrected chi connectivity index (χ3v) is 5.91. The van der Waals surface area contributed by atoms with Crippen LogP contribution in [0.3, 0.4) is 0 Å². The Morgan fingerprint density at radius 1 is 0.900 bits per heavy atom. The van der Waals surface area contributed by atoms with Gasteiger partial charge >= 0.3 is 0 Å². The van der Waals surface area contributed by atoms with Crippen LogP contribution in [0.2, 0.25) is 0 Å². The highest BCUT2D eigenvalue weighted by Crippen LogP contribution is 2.26. The van der Waals surface area contributed by atoms with Crippen LogP contribution in [0.5, 0.6) is 5.75 Å². The number of pyridine rings is 1. The molecule has 0 aliphatic carbocycles. The van der Waals surface area contributed by atoms with Gasteiger partial charge < -0.3 is 9.72 Å². The number of unbranched alkanes of at least 4 members (excludes halogenated alkanes) is 1. The molecule has 0 unspecified atom stereocenters. The zero-order valence-corrected chi connectivity index (χ0v) is 17.3. The summed E-state index contributed by atoms with van der Waals surface area (Å²) in [6.07, 6.45) is 2.00. The maximum atomic E-state index is 13.9. The van der Waals surface area contributed by atoms with E-state index in [1.54, 1.807) is 30.0 Å². The van der Waals surface area contributed by atoms with Crippen LogP contribution in [-0.2, 0) is 0 Å². The van der Waals surface area contributed by atoms with Gasteiger partial charge in [0.2, 0.25) is 5.56 Å². The largest absolute Gasteiger partial charge is 0.494 e. The number of fused-ring (bicyclic) bond motifs is 1. The molecule has 0 atom stereocenters. The number of hydrogen-bond donors (Lipinski definition) is 1. The molecule has 5 heteroatoms. The molecular weight excluding hydrogens is 397 g/mol. The Morgan fingerprint density at radius 2 is 1.73 bits per heavy atom. The summed E-state index contributed by atoms with van der Waals surface area (Å²) in [5.41, 5.74) is 2.24. The average molecular weight is 420 g/mol. The first-order valence-electron chi connectivity index (χ1n) is 9.93. The van der Waals surface area contributed by atoms with Crippen molar-refractivity contribution in [1.82, 2.24) is 4.98 Å². The molecule has 0 spiro atoms. The predicted octanol–water partition coefficient (Wildman–Crippen LogP) is 6.29. The lowest BCUT2D eigenvalue weighted by atomic mass is 10.1. The van der Waals surface area contributed by atoms with Crippen LogP contribution < -0.4 is 10.3 Å². The molecule has 4 rings (SSSR count). The van der Waals surface area contributed by atoms with Crippen LogP contribution in [0.15, 0.2) is 88.6 Å². The smallest absolute Gasteiger partial charge is 0.248 e. The first-order valence-corrected chi connectivity index (χ1v) is 10.9. The Kier molecular flexibility index (Phi) is 6.50. The molecular formula is C25H22FNO2S. The molecule has 0 aliphatic heterocycles. The van der Waals surface area contributed by atoms with Crippen molar-refractivity contribution >= 4 is 22.7 Å². The number of ether oxygens (including phenoxy) is 1. The number of thioether (sulfide) groups is 1. The second kappa shape index (κ2) is 9.63. The topological polar surface area (TPSA) is 42.1 Å². The Morgan fingerprint density at radius 3 is 2.57 bits per heavy atom. The standard InChI is InChI=1S/C25H22FNO2S/c26-23-6-2-1-5-22(23)18-7-11-21(12-8-18)30-16-4-3-15-29-20-10-13-24-19(17-20)9-14-25(28)27-24/h1-2,5-14,17H,3-4,15-16H2,(H,27,28). The second-order valence-electron chi connectivity index (χ2n) is 6.98. The maximum absolute atomic E-state index is 13.9. The van der Waals surface area contributed by atoms with E-state index in [9.17, 15) is 9.18 Å². The molecule has 4 aromatic rings. The summed E-state index contributed by atoms with van der Waals surface area (Å²) in [5.74, 6) is 1.62. The number of H-pyrrole nitrogens is 1. The van der Waals surface area contributed by atoms with Gasteiger partial charge in [0.25, 0.3) is 0 Å². The van der Waals surface area contributed by atoms with Crippen LogP contribution in [0.1, 0.15) is 12.8 Å². The fourth-order valence-electron chi connectivity index (χ4n) is 3.23. The van der Waals surface area contributed by atoms with E-state index >= 15 is 0 Å². The quantitative estimate of drug-likeness (QED) is 0.270. The minimum absolute atomic E-state index is 0.101. The zero-order chi connectivity index (χ0) is 20.8. The molecule has 152 valence electrons. The van der Waals surface area contributed by atoms with Crippen molar-refractivity contribution in [3.8, 4) is 16.9 Å². The first-order chi connectivity index (χ1) is 14.7. The summed E-state index contributed by atoms with van der Waals surface area (Å²) in [6, 6.07) is 23.9. The lowest BCUT2D eigenvalue weighted by molar-refractivity contribution is 0.310. The van der Waals surface area contributed by atoms with Crippen molar-refractivity contribution in [1.29, 1.82) is 0 Å². The van der Waals surface area contributed by atoms with Crippen LogP contribution >= 0.6 is 11.8 Å². The van der Waals surface area contributed by atoms with E-state index in [2.05, 4.69) is 4.98 Å². The Balaban J connectivity index is 1.20. The van der Waals surface area contributed by atoms with Crippen LogP contribution in [0, 0.1) is 5.82 Å². The summed E-state index contributed by atoms with van der Waals surface area (Å²) < 4.78 is 19.7. The molecule has 0 fully saturated rings. The van der Waals surface area contributed by atoms with Gasteiger partial charge in [0, 0.05) is 27.4 Å². The molecule has 1 heterocycles. The molecule has 1 aromatic heterocycles. The van der Waals surface area contributed by atoms with Crippen LogP contribution in [0.25, 0.3) is 22.0 Å². The fourth-order valence-corrected chi connectivity index (χ4v) is 4.15. The number of halogens is 1. The van der Waals surface area contributed by atoms with E-state index in [4.69, 9.17) is 4.74 Å². The predicted molar refractivity (Wildman–Crippen MR) is 122 cm³/mol. The van der Waals surface area contributed by atoms with Crippen LogP contribution in [-0.4, -0.2) is 17.3 Å². The van der Waals surface area contributed by atoms with Gasteiger partial charge in [-0.25, -0.2) is 4.39 Å². The van der Waals surface area contributed by atoms with Gasteiger partial charge in [-0.1, -0.05) is 30.3 Å². The first kappa shape index (κ1) is 20.2. The number of hydrogen-bond acceptors (Lipinski definition) is 3. The highest BCUT2D eigenvalue weighted by Gasteiger charge is 2.04. The van der Waals surface area contributed by atoms with Gasteiger partial charge in [0.05, 0.1) is 6.61 Å². The van der Waals surface area contributed by atoms with Gasteiger partial charge in [-0.05, 0) is 66.6 Å². The van der Waals surface area contributed by atoms with Gasteiger partial charge in [0.1, 0.15) is 11.6 Å². The van der Waals surface area contributed by atoms with Crippen molar-refractivity contribution in [3.05, 3.63) is 95.0 Å². The van der Waals surface area contributed by atoms with E-state index in [1.165, 1.54) is 17.0 Å². The second-order valence-corrected chi connectivity index (χ2v) is 8.15. The summed E-state index contributed by atoms with van der Waals surface area (Å²) in [6.45, 7) is 0.654. The van der Waals surface area contributed by atoms with Gasteiger partial charge in [-0.15, -0.1) is 11.8 Å². The molecule has 0 saturated heterocycles. The van der Waals surface area contributed by atoms with Crippen molar-refractivity contribution < 1.29 is 9.13 Å². The molecule has 0 bridgehead atoms. The summed E-state index contributed by atoms with van der Waals surface area (Å²) in [5, 5.41) is 0.960. The number of aromatic amines is 1. The van der Waals surface area contributed by atoms with Crippen molar-refractivity contribution in [2.24, 2.45) is 0 Å². The number of benzene rings is 3. The lowest BCUT2D eigenvalue weighted by Gasteiger charge is -2.08. The number of nitrogens with one attached hydrogen (secondary N) is 1.